The molecule has 178 valence electrons. The third kappa shape index (κ3) is 9.42. The Labute approximate surface area is 196 Å². The summed E-state index contributed by atoms with van der Waals surface area (Å²) < 4.78 is 0. The van der Waals surface area contributed by atoms with Crippen LogP contribution in [-0.4, -0.2) is 52.6 Å². The van der Waals surface area contributed by atoms with E-state index in [4.69, 9.17) is 15.9 Å². The Hall–Kier alpha value is -3.24. The molecule has 0 aliphatic carbocycles. The maximum Gasteiger partial charge on any atom is 0.303 e. The number of nitrogens with two attached hydrogens (primary N) is 1. The number of hydrogen-bond acceptors (Lipinski definition) is 6. The van der Waals surface area contributed by atoms with Crippen molar-refractivity contribution in [3.05, 3.63) is 46.7 Å². The number of hydrogen-bond donors (Lipinski definition) is 5. The van der Waals surface area contributed by atoms with Gasteiger partial charge >= 0.3 is 11.9 Å². The number of aliphatic carboxylic acids is 2. The van der Waals surface area contributed by atoms with Crippen LogP contribution in [0.4, 0.5) is 0 Å². The Morgan fingerprint density at radius 3 is 2.12 bits per heavy atom. The summed E-state index contributed by atoms with van der Waals surface area (Å²) in [5.74, 6) is -3.06. The predicted octanol–water partition coefficient (Wildman–Crippen LogP) is 2.01. The van der Waals surface area contributed by atoms with E-state index in [9.17, 15) is 19.2 Å². The summed E-state index contributed by atoms with van der Waals surface area (Å²) in [6.07, 6.45) is 0.183. The van der Waals surface area contributed by atoms with Crippen LogP contribution in [0.5, 0.6) is 0 Å². The summed E-state index contributed by atoms with van der Waals surface area (Å²) in [5.41, 5.74) is 8.79. The number of amides is 2. The zero-order valence-corrected chi connectivity index (χ0v) is 19.0. The normalized spacial score (nSPS) is 12.5. The van der Waals surface area contributed by atoms with Gasteiger partial charge in [0.15, 0.2) is 0 Å². The average molecular weight is 476 g/mol. The second kappa shape index (κ2) is 13.3. The van der Waals surface area contributed by atoms with Crippen LogP contribution in [-0.2, 0) is 25.6 Å². The first-order valence-electron chi connectivity index (χ1n) is 10.6. The molecule has 0 bridgehead atoms. The molecule has 0 saturated heterocycles. The lowest BCUT2D eigenvalue weighted by atomic mass is 10.0. The highest BCUT2D eigenvalue weighted by Gasteiger charge is 2.24. The predicted molar refractivity (Wildman–Crippen MR) is 125 cm³/mol. The van der Waals surface area contributed by atoms with Gasteiger partial charge in [-0.05, 0) is 52.8 Å². The highest BCUT2D eigenvalue weighted by Crippen LogP contribution is 2.22. The van der Waals surface area contributed by atoms with Gasteiger partial charge in [-0.1, -0.05) is 24.3 Å². The molecule has 2 aromatic rings. The van der Waals surface area contributed by atoms with Gasteiger partial charge in [0.05, 0.1) is 0 Å². The van der Waals surface area contributed by atoms with Gasteiger partial charge in [0.25, 0.3) is 0 Å². The highest BCUT2D eigenvalue weighted by atomic mass is 32.1. The summed E-state index contributed by atoms with van der Waals surface area (Å²) in [6.45, 7) is 0.0278. The maximum atomic E-state index is 12.6. The molecule has 33 heavy (non-hydrogen) atoms. The number of rotatable bonds is 14. The van der Waals surface area contributed by atoms with E-state index in [2.05, 4.69) is 16.0 Å². The minimum Gasteiger partial charge on any atom is -0.481 e. The number of carboxylic acid groups (broad SMARTS) is 2. The van der Waals surface area contributed by atoms with Crippen molar-refractivity contribution < 1.29 is 29.4 Å². The van der Waals surface area contributed by atoms with Crippen LogP contribution in [0.2, 0.25) is 0 Å². The van der Waals surface area contributed by atoms with Crippen molar-refractivity contribution in [2.75, 3.05) is 6.54 Å². The molecule has 0 aliphatic heterocycles. The molecule has 1 heterocycles. The van der Waals surface area contributed by atoms with Crippen molar-refractivity contribution in [1.82, 2.24) is 10.6 Å². The molecule has 1 aromatic heterocycles. The quantitative estimate of drug-likeness (QED) is 0.279. The first-order valence-corrected chi connectivity index (χ1v) is 11.6. The van der Waals surface area contributed by atoms with Gasteiger partial charge in [-0.3, -0.25) is 19.2 Å². The maximum absolute atomic E-state index is 12.6. The fourth-order valence-corrected chi connectivity index (χ4v) is 3.87. The summed E-state index contributed by atoms with van der Waals surface area (Å²) in [4.78, 5) is 46.8. The van der Waals surface area contributed by atoms with Crippen LogP contribution < -0.4 is 16.4 Å². The standard InChI is InChI=1S/C23H29N3O6S/c24-13-18(6-9-21(28)29)25-23(32)19(7-10-22(30)31)26-20(27)8-3-15-1-4-16(5-2-15)17-11-12-33-14-17/h1-2,4-5,11-12,14,18-19H,3,6-10,13,24H2,(H,25,32)(H,26,27)(H,28,29)(H,30,31)/t18-,19-/m0/s1. The molecule has 9 nitrogen and oxygen atoms in total. The minimum atomic E-state index is -1.09. The molecular formula is C23H29N3O6S. The molecular weight excluding hydrogens is 446 g/mol. The molecule has 1 aromatic carbocycles. The van der Waals surface area contributed by atoms with Crippen LogP contribution >= 0.6 is 11.3 Å². The monoisotopic (exact) mass is 475 g/mol. The fraction of sp³-hybridized carbons (Fsp3) is 0.391. The number of benzene rings is 1. The van der Waals surface area contributed by atoms with E-state index >= 15 is 0 Å². The van der Waals surface area contributed by atoms with Gasteiger partial charge in [0, 0.05) is 31.8 Å². The first kappa shape index (κ1) is 26.0. The van der Waals surface area contributed by atoms with Crippen molar-refractivity contribution in [1.29, 1.82) is 0 Å². The van der Waals surface area contributed by atoms with Crippen molar-refractivity contribution in [3.63, 3.8) is 0 Å². The number of aryl methyl sites for hydroxylation is 1. The molecule has 0 saturated carbocycles. The number of carbonyl (C=O) groups excluding carboxylic acids is 2. The van der Waals surface area contributed by atoms with Gasteiger partial charge < -0.3 is 26.6 Å². The van der Waals surface area contributed by atoms with Crippen molar-refractivity contribution >= 4 is 35.1 Å². The molecule has 0 radical (unpaired) electrons. The Morgan fingerprint density at radius 1 is 0.879 bits per heavy atom. The van der Waals surface area contributed by atoms with Crippen LogP contribution in [0, 0.1) is 0 Å². The SMILES string of the molecule is NC[C@H](CCC(=O)O)NC(=O)[C@H](CCC(=O)O)NC(=O)CCc1ccc(-c2ccsc2)cc1. The van der Waals surface area contributed by atoms with Crippen LogP contribution in [0.1, 0.15) is 37.7 Å². The molecule has 0 fully saturated rings. The van der Waals surface area contributed by atoms with E-state index in [1.165, 1.54) is 0 Å². The zero-order valence-electron chi connectivity index (χ0n) is 18.2. The van der Waals surface area contributed by atoms with E-state index in [1.807, 2.05) is 35.7 Å². The van der Waals surface area contributed by atoms with Crippen molar-refractivity contribution in [3.8, 4) is 11.1 Å². The minimum absolute atomic E-state index is 0.0278. The van der Waals surface area contributed by atoms with Gasteiger partial charge in [-0.2, -0.15) is 11.3 Å². The van der Waals surface area contributed by atoms with Gasteiger partial charge in [-0.25, -0.2) is 0 Å². The molecule has 10 heteroatoms. The lowest BCUT2D eigenvalue weighted by molar-refractivity contribution is -0.139. The zero-order chi connectivity index (χ0) is 24.2. The van der Waals surface area contributed by atoms with Crippen LogP contribution in [0.25, 0.3) is 11.1 Å². The number of nitrogens with one attached hydrogen (secondary N) is 2. The lowest BCUT2D eigenvalue weighted by Gasteiger charge is -2.22. The van der Waals surface area contributed by atoms with Crippen LogP contribution in [0.3, 0.4) is 0 Å². The van der Waals surface area contributed by atoms with E-state index in [0.29, 0.717) is 6.42 Å². The second-order valence-electron chi connectivity index (χ2n) is 7.64. The third-order valence-electron chi connectivity index (χ3n) is 5.09. The molecule has 2 rings (SSSR count). The Morgan fingerprint density at radius 2 is 1.55 bits per heavy atom. The number of carbonyl (C=O) groups is 4. The molecule has 2 atom stereocenters. The Kier molecular flexibility index (Phi) is 10.5. The number of thiophene rings is 1. The van der Waals surface area contributed by atoms with Crippen LogP contribution in [0.15, 0.2) is 41.1 Å². The molecule has 0 spiro atoms. The summed E-state index contributed by atoms with van der Waals surface area (Å²) in [5, 5.41) is 27.0. The van der Waals surface area contributed by atoms with Gasteiger partial charge in [0.1, 0.15) is 6.04 Å². The van der Waals surface area contributed by atoms with E-state index in [1.54, 1.807) is 11.3 Å². The summed E-state index contributed by atoms with van der Waals surface area (Å²) in [6, 6.07) is 8.27. The molecule has 0 aliphatic rings. The molecule has 2 amide bonds. The summed E-state index contributed by atoms with van der Waals surface area (Å²) >= 11 is 1.62. The van der Waals surface area contributed by atoms with E-state index in [-0.39, 0.29) is 44.6 Å². The van der Waals surface area contributed by atoms with Crippen molar-refractivity contribution in [2.45, 2.75) is 50.6 Å². The lowest BCUT2D eigenvalue weighted by Crippen LogP contribution is -2.51. The van der Waals surface area contributed by atoms with Gasteiger partial charge in [-0.15, -0.1) is 0 Å². The number of carboxylic acids is 2. The fourth-order valence-electron chi connectivity index (χ4n) is 3.20. The largest absolute Gasteiger partial charge is 0.481 e. The Balaban J connectivity index is 1.91. The first-order chi connectivity index (χ1) is 15.8. The van der Waals surface area contributed by atoms with Gasteiger partial charge in [0.2, 0.25) is 11.8 Å². The smallest absolute Gasteiger partial charge is 0.303 e. The molecule has 6 N–H and O–H groups in total. The van der Waals surface area contributed by atoms with Crippen molar-refractivity contribution in [2.24, 2.45) is 5.73 Å². The second-order valence-corrected chi connectivity index (χ2v) is 8.42. The topological polar surface area (TPSA) is 159 Å². The van der Waals surface area contributed by atoms with E-state index < -0.39 is 29.9 Å². The Bertz CT molecular complexity index is 930. The molecule has 0 unspecified atom stereocenters. The van der Waals surface area contributed by atoms with E-state index in [0.717, 1.165) is 16.7 Å². The summed E-state index contributed by atoms with van der Waals surface area (Å²) in [7, 11) is 0. The average Bonchev–Trinajstić information content (AvgIpc) is 3.33. The third-order valence-corrected chi connectivity index (χ3v) is 5.77. The highest BCUT2D eigenvalue weighted by molar-refractivity contribution is 7.08.